The zero-order valence-electron chi connectivity index (χ0n) is 11.8. The monoisotopic (exact) mass is 338 g/mol. The second-order valence-corrected chi connectivity index (χ2v) is 5.02. The van der Waals surface area contributed by atoms with Gasteiger partial charge in [-0.3, -0.25) is 4.79 Å². The van der Waals surface area contributed by atoms with Gasteiger partial charge < -0.3 is 15.4 Å². The largest absolute Gasteiger partial charge is 0.573 e. The summed E-state index contributed by atoms with van der Waals surface area (Å²) in [4.78, 5) is 11.6. The molecule has 2 N–H and O–H groups in total. The van der Waals surface area contributed by atoms with Crippen LogP contribution in [0.4, 0.5) is 13.2 Å². The summed E-state index contributed by atoms with van der Waals surface area (Å²) in [6, 6.07) is 5.57. The predicted octanol–water partition coefficient (Wildman–Crippen LogP) is 2.28. The topological polar surface area (TPSA) is 50.4 Å². The van der Waals surface area contributed by atoms with Crippen molar-refractivity contribution in [3.8, 4) is 5.75 Å². The fourth-order valence-electron chi connectivity index (χ4n) is 1.96. The summed E-state index contributed by atoms with van der Waals surface area (Å²) in [5.41, 5.74) is 0.796. The number of hydrogen-bond acceptors (Lipinski definition) is 3. The highest BCUT2D eigenvalue weighted by atomic mass is 35.5. The van der Waals surface area contributed by atoms with Crippen LogP contribution in [0, 0.1) is 5.92 Å². The molecule has 22 heavy (non-hydrogen) atoms. The molecule has 0 unspecified atom stereocenters. The number of benzene rings is 1. The van der Waals surface area contributed by atoms with Gasteiger partial charge in [0, 0.05) is 32.0 Å². The van der Waals surface area contributed by atoms with E-state index < -0.39 is 6.36 Å². The first-order valence-corrected chi connectivity index (χ1v) is 6.74. The predicted molar refractivity (Wildman–Crippen MR) is 78.1 cm³/mol. The lowest BCUT2D eigenvalue weighted by atomic mass is 10.0. The molecule has 2 rings (SSSR count). The maximum Gasteiger partial charge on any atom is 0.573 e. The van der Waals surface area contributed by atoms with Gasteiger partial charge in [-0.1, -0.05) is 12.1 Å². The molecule has 1 aliphatic rings. The quantitative estimate of drug-likeness (QED) is 0.836. The molecule has 0 radical (unpaired) electrons. The Balaban J connectivity index is 0.00000242. The number of aryl methyl sites for hydroxylation is 1. The number of ether oxygens (including phenoxy) is 1. The van der Waals surface area contributed by atoms with Crippen LogP contribution in [-0.2, 0) is 11.2 Å². The number of hydrogen-bond donors (Lipinski definition) is 2. The second-order valence-electron chi connectivity index (χ2n) is 5.02. The molecule has 1 fully saturated rings. The van der Waals surface area contributed by atoms with Crippen molar-refractivity contribution in [3.63, 3.8) is 0 Å². The smallest absolute Gasteiger partial charge is 0.406 e. The van der Waals surface area contributed by atoms with Crippen molar-refractivity contribution in [1.82, 2.24) is 10.6 Å². The summed E-state index contributed by atoms with van der Waals surface area (Å²) in [5, 5.41) is 5.97. The van der Waals surface area contributed by atoms with Crippen molar-refractivity contribution in [2.24, 2.45) is 5.92 Å². The van der Waals surface area contributed by atoms with Gasteiger partial charge >= 0.3 is 6.36 Å². The molecule has 8 heteroatoms. The molecule has 1 aromatic carbocycles. The second kappa shape index (κ2) is 8.24. The fraction of sp³-hybridized carbons (Fsp3) is 0.500. The molecule has 0 spiro atoms. The Labute approximate surface area is 132 Å². The van der Waals surface area contributed by atoms with Crippen molar-refractivity contribution in [1.29, 1.82) is 0 Å². The average molecular weight is 339 g/mol. The van der Waals surface area contributed by atoms with Gasteiger partial charge in [-0.15, -0.1) is 25.6 Å². The van der Waals surface area contributed by atoms with E-state index in [9.17, 15) is 18.0 Å². The van der Waals surface area contributed by atoms with Crippen molar-refractivity contribution >= 4 is 18.3 Å². The van der Waals surface area contributed by atoms with E-state index in [1.165, 1.54) is 24.3 Å². The molecular formula is C14H18ClF3N2O2. The Kier molecular flexibility index (Phi) is 6.96. The molecule has 4 nitrogen and oxygen atoms in total. The summed E-state index contributed by atoms with van der Waals surface area (Å²) < 4.78 is 39.8. The van der Waals surface area contributed by atoms with Crippen LogP contribution in [0.3, 0.4) is 0 Å². The number of carbonyl (C=O) groups excluding carboxylic acids is 1. The van der Waals surface area contributed by atoms with E-state index in [0.717, 1.165) is 18.7 Å². The SMILES string of the molecule is Cl.O=C(CCc1ccc(OC(F)(F)F)cc1)NCC1CNC1. The summed E-state index contributed by atoms with van der Waals surface area (Å²) in [7, 11) is 0. The maximum absolute atomic E-state index is 12.0. The van der Waals surface area contributed by atoms with E-state index in [1.807, 2.05) is 0 Å². The summed E-state index contributed by atoms with van der Waals surface area (Å²) in [5.74, 6) is 0.207. The summed E-state index contributed by atoms with van der Waals surface area (Å²) in [6.45, 7) is 2.53. The van der Waals surface area contributed by atoms with Crippen LogP contribution in [-0.4, -0.2) is 31.9 Å². The van der Waals surface area contributed by atoms with Crippen LogP contribution in [0.5, 0.6) is 5.75 Å². The van der Waals surface area contributed by atoms with Crippen LogP contribution in [0.25, 0.3) is 0 Å². The highest BCUT2D eigenvalue weighted by molar-refractivity contribution is 5.85. The summed E-state index contributed by atoms with van der Waals surface area (Å²) in [6.07, 6.45) is -3.88. The number of alkyl halides is 3. The zero-order chi connectivity index (χ0) is 15.3. The van der Waals surface area contributed by atoms with Gasteiger partial charge in [-0.05, 0) is 24.1 Å². The Hall–Kier alpha value is -1.47. The highest BCUT2D eigenvalue weighted by Crippen LogP contribution is 2.22. The van der Waals surface area contributed by atoms with Gasteiger partial charge in [0.05, 0.1) is 0 Å². The van der Waals surface area contributed by atoms with E-state index in [4.69, 9.17) is 0 Å². The van der Waals surface area contributed by atoms with Crippen molar-refractivity contribution in [2.45, 2.75) is 19.2 Å². The van der Waals surface area contributed by atoms with Crippen LogP contribution in [0.1, 0.15) is 12.0 Å². The lowest BCUT2D eigenvalue weighted by Gasteiger charge is -2.27. The van der Waals surface area contributed by atoms with E-state index in [2.05, 4.69) is 15.4 Å². The minimum absolute atomic E-state index is 0. The molecule has 1 aromatic rings. The normalized spacial score (nSPS) is 14.7. The van der Waals surface area contributed by atoms with Crippen molar-refractivity contribution in [2.75, 3.05) is 19.6 Å². The first-order valence-electron chi connectivity index (χ1n) is 6.74. The Morgan fingerprint density at radius 1 is 1.27 bits per heavy atom. The Morgan fingerprint density at radius 3 is 2.41 bits per heavy atom. The number of carbonyl (C=O) groups is 1. The van der Waals surface area contributed by atoms with Crippen LogP contribution in [0.2, 0.25) is 0 Å². The van der Waals surface area contributed by atoms with Gasteiger partial charge in [0.25, 0.3) is 0 Å². The lowest BCUT2D eigenvalue weighted by Crippen LogP contribution is -2.48. The third-order valence-electron chi connectivity index (χ3n) is 3.25. The molecule has 124 valence electrons. The highest BCUT2D eigenvalue weighted by Gasteiger charge is 2.30. The number of nitrogens with one attached hydrogen (secondary N) is 2. The summed E-state index contributed by atoms with van der Waals surface area (Å²) >= 11 is 0. The molecule has 0 bridgehead atoms. The first-order chi connectivity index (χ1) is 9.92. The van der Waals surface area contributed by atoms with Gasteiger partial charge in [0.1, 0.15) is 5.75 Å². The van der Waals surface area contributed by atoms with Gasteiger partial charge in [-0.2, -0.15) is 0 Å². The fourth-order valence-corrected chi connectivity index (χ4v) is 1.96. The number of rotatable bonds is 6. The van der Waals surface area contributed by atoms with Gasteiger partial charge in [0.15, 0.2) is 0 Å². The number of amides is 1. The van der Waals surface area contributed by atoms with Crippen molar-refractivity contribution < 1.29 is 22.7 Å². The third-order valence-corrected chi connectivity index (χ3v) is 3.25. The maximum atomic E-state index is 12.0. The number of halogens is 4. The van der Waals surface area contributed by atoms with Gasteiger partial charge in [0.2, 0.25) is 5.91 Å². The minimum Gasteiger partial charge on any atom is -0.406 e. The average Bonchev–Trinajstić information content (AvgIpc) is 2.34. The Bertz CT molecular complexity index is 476. The van der Waals surface area contributed by atoms with Crippen molar-refractivity contribution in [3.05, 3.63) is 29.8 Å². The zero-order valence-corrected chi connectivity index (χ0v) is 12.6. The van der Waals surface area contributed by atoms with E-state index >= 15 is 0 Å². The molecule has 0 atom stereocenters. The molecule has 1 heterocycles. The lowest BCUT2D eigenvalue weighted by molar-refractivity contribution is -0.274. The first kappa shape index (κ1) is 18.6. The molecule has 0 saturated carbocycles. The third kappa shape index (κ3) is 6.53. The standard InChI is InChI=1S/C14H17F3N2O2.ClH/c15-14(16,17)21-12-4-1-10(2-5-12)3-6-13(20)19-9-11-7-18-8-11;/h1-2,4-5,11,18H,3,6-9H2,(H,19,20);1H. The minimum atomic E-state index is -4.68. The van der Waals surface area contributed by atoms with Crippen LogP contribution < -0.4 is 15.4 Å². The Morgan fingerprint density at radius 2 is 1.91 bits per heavy atom. The molecule has 1 aliphatic heterocycles. The van der Waals surface area contributed by atoms with E-state index in [0.29, 0.717) is 25.3 Å². The van der Waals surface area contributed by atoms with Crippen LogP contribution in [0.15, 0.2) is 24.3 Å². The van der Waals surface area contributed by atoms with Crippen LogP contribution >= 0.6 is 12.4 Å². The molecule has 1 saturated heterocycles. The molecular weight excluding hydrogens is 321 g/mol. The van der Waals surface area contributed by atoms with E-state index in [-0.39, 0.29) is 24.1 Å². The molecule has 1 amide bonds. The molecule has 0 aromatic heterocycles. The van der Waals surface area contributed by atoms with Gasteiger partial charge in [-0.25, -0.2) is 0 Å². The van der Waals surface area contributed by atoms with E-state index in [1.54, 1.807) is 0 Å². The molecule has 0 aliphatic carbocycles.